The Balaban J connectivity index is 1.95. The van der Waals surface area contributed by atoms with Gasteiger partial charge in [-0.15, -0.1) is 11.3 Å². The van der Waals surface area contributed by atoms with Gasteiger partial charge >= 0.3 is 0 Å². The topological polar surface area (TPSA) is 20.3 Å². The molecule has 0 atom stereocenters. The molecule has 0 aliphatic carbocycles. The Morgan fingerprint density at radius 3 is 2.50 bits per heavy atom. The van der Waals surface area contributed by atoms with Gasteiger partial charge in [0.15, 0.2) is 5.78 Å². The third kappa shape index (κ3) is 3.65. The van der Waals surface area contributed by atoms with E-state index in [4.69, 9.17) is 0 Å². The molecule has 2 nitrogen and oxygen atoms in total. The quantitative estimate of drug-likeness (QED) is 0.699. The van der Waals surface area contributed by atoms with Crippen molar-refractivity contribution >= 4 is 49.0 Å². The lowest BCUT2D eigenvalue weighted by molar-refractivity contribution is 0.0845. The monoisotopic (exact) mass is 393 g/mol. The van der Waals surface area contributed by atoms with Gasteiger partial charge in [0.05, 0.1) is 14.1 Å². The lowest BCUT2D eigenvalue weighted by atomic mass is 9.82. The molecule has 0 radical (unpaired) electrons. The summed E-state index contributed by atoms with van der Waals surface area (Å²) in [5.74, 6) is 0.212. The van der Waals surface area contributed by atoms with Gasteiger partial charge in [0.25, 0.3) is 0 Å². The van der Waals surface area contributed by atoms with Crippen LogP contribution in [0.15, 0.2) is 13.6 Å². The second-order valence-electron chi connectivity index (χ2n) is 5.60. The van der Waals surface area contributed by atoms with E-state index in [1.807, 2.05) is 6.07 Å². The zero-order chi connectivity index (χ0) is 13.3. The van der Waals surface area contributed by atoms with E-state index in [0.29, 0.717) is 12.0 Å². The van der Waals surface area contributed by atoms with Crippen LogP contribution in [0.25, 0.3) is 0 Å². The van der Waals surface area contributed by atoms with Crippen LogP contribution in [0.5, 0.6) is 0 Å². The predicted molar refractivity (Wildman–Crippen MR) is 83.5 cm³/mol. The number of thiophene rings is 1. The maximum absolute atomic E-state index is 12.2. The Morgan fingerprint density at radius 2 is 2.00 bits per heavy atom. The maximum Gasteiger partial charge on any atom is 0.178 e. The molecule has 0 N–H and O–H groups in total. The van der Waals surface area contributed by atoms with Crippen LogP contribution in [0, 0.1) is 5.41 Å². The minimum absolute atomic E-state index is 0.212. The van der Waals surface area contributed by atoms with Gasteiger partial charge in [0.2, 0.25) is 0 Å². The number of nitrogens with zero attached hydrogens (tertiary/aromatic N) is 1. The van der Waals surface area contributed by atoms with Crippen molar-refractivity contribution in [3.63, 3.8) is 0 Å². The van der Waals surface area contributed by atoms with Gasteiger partial charge in [-0.3, -0.25) is 9.69 Å². The largest absolute Gasteiger partial charge is 0.296 e. The first-order valence-electron chi connectivity index (χ1n) is 6.08. The first-order valence-corrected chi connectivity index (χ1v) is 8.48. The molecule has 1 aliphatic rings. The van der Waals surface area contributed by atoms with Gasteiger partial charge in [-0.05, 0) is 69.3 Å². The smallest absolute Gasteiger partial charge is 0.178 e. The van der Waals surface area contributed by atoms with Gasteiger partial charge in [-0.25, -0.2) is 0 Å². The van der Waals surface area contributed by atoms with E-state index in [1.165, 1.54) is 12.8 Å². The summed E-state index contributed by atoms with van der Waals surface area (Å²) in [6, 6.07) is 1.91. The highest BCUT2D eigenvalue weighted by Gasteiger charge is 2.27. The van der Waals surface area contributed by atoms with E-state index in [9.17, 15) is 4.79 Å². The van der Waals surface area contributed by atoms with Crippen molar-refractivity contribution in [2.45, 2.75) is 26.7 Å². The van der Waals surface area contributed by atoms with E-state index in [1.54, 1.807) is 11.3 Å². The normalized spacial score (nSPS) is 20.0. The Kier molecular flexibility index (Phi) is 4.68. The average Bonchev–Trinajstić information content (AvgIpc) is 2.61. The number of rotatable bonds is 3. The number of carbonyl (C=O) groups is 1. The molecule has 0 aromatic carbocycles. The lowest BCUT2D eigenvalue weighted by Gasteiger charge is -2.36. The summed E-state index contributed by atoms with van der Waals surface area (Å²) >= 11 is 8.42. The Morgan fingerprint density at radius 1 is 1.39 bits per heavy atom. The van der Waals surface area contributed by atoms with Crippen molar-refractivity contribution in [2.24, 2.45) is 5.41 Å². The van der Waals surface area contributed by atoms with Crippen LogP contribution < -0.4 is 0 Å². The summed E-state index contributed by atoms with van der Waals surface area (Å²) in [4.78, 5) is 14.5. The molecule has 1 aliphatic heterocycles. The van der Waals surface area contributed by atoms with Crippen LogP contribution in [0.4, 0.5) is 0 Å². The first kappa shape index (κ1) is 14.7. The number of piperidine rings is 1. The highest BCUT2D eigenvalue weighted by molar-refractivity contribution is 9.12. The van der Waals surface area contributed by atoms with E-state index >= 15 is 0 Å². The van der Waals surface area contributed by atoms with Crippen LogP contribution in [-0.2, 0) is 0 Å². The molecular formula is C13H17Br2NOS. The molecule has 100 valence electrons. The molecule has 1 saturated heterocycles. The Labute approximate surface area is 129 Å². The van der Waals surface area contributed by atoms with Crippen molar-refractivity contribution in [1.82, 2.24) is 4.90 Å². The zero-order valence-electron chi connectivity index (χ0n) is 10.6. The summed E-state index contributed by atoms with van der Waals surface area (Å²) in [5, 5.41) is 0. The summed E-state index contributed by atoms with van der Waals surface area (Å²) in [6.45, 7) is 7.21. The van der Waals surface area contributed by atoms with Gasteiger partial charge in [0, 0.05) is 5.56 Å². The predicted octanol–water partition coefficient (Wildman–Crippen LogP) is 4.58. The molecule has 1 aromatic rings. The minimum atomic E-state index is 0.212. The number of hydrogen-bond donors (Lipinski definition) is 0. The summed E-state index contributed by atoms with van der Waals surface area (Å²) < 4.78 is 1.93. The second kappa shape index (κ2) is 5.73. The minimum Gasteiger partial charge on any atom is -0.296 e. The lowest BCUT2D eigenvalue weighted by Crippen LogP contribution is -2.40. The van der Waals surface area contributed by atoms with Crippen LogP contribution in [-0.4, -0.2) is 30.3 Å². The van der Waals surface area contributed by atoms with Crippen molar-refractivity contribution in [3.8, 4) is 0 Å². The number of ketones is 1. The van der Waals surface area contributed by atoms with Crippen LogP contribution in [0.3, 0.4) is 0 Å². The molecular weight excluding hydrogens is 378 g/mol. The van der Waals surface area contributed by atoms with Crippen LogP contribution in [0.1, 0.15) is 37.0 Å². The van der Waals surface area contributed by atoms with Crippen molar-refractivity contribution in [2.75, 3.05) is 19.6 Å². The Hall–Kier alpha value is 0.290. The molecule has 0 unspecified atom stereocenters. The van der Waals surface area contributed by atoms with E-state index in [-0.39, 0.29) is 5.78 Å². The molecule has 0 bridgehead atoms. The van der Waals surface area contributed by atoms with Crippen LogP contribution in [0.2, 0.25) is 0 Å². The molecule has 2 heterocycles. The molecule has 5 heteroatoms. The summed E-state index contributed by atoms with van der Waals surface area (Å²) in [5.41, 5.74) is 1.24. The molecule has 2 rings (SSSR count). The number of carbonyl (C=O) groups excluding carboxylic acids is 1. The third-order valence-electron chi connectivity index (χ3n) is 3.53. The van der Waals surface area contributed by atoms with Gasteiger partial charge in [-0.2, -0.15) is 0 Å². The zero-order valence-corrected chi connectivity index (χ0v) is 14.6. The molecule has 1 fully saturated rings. The number of Topliss-reactive ketones (excluding diaryl/α,β-unsaturated/α-hetero) is 1. The van der Waals surface area contributed by atoms with E-state index < -0.39 is 0 Å². The van der Waals surface area contributed by atoms with Gasteiger partial charge < -0.3 is 0 Å². The summed E-state index contributed by atoms with van der Waals surface area (Å²) in [6.07, 6.45) is 2.35. The fraction of sp³-hybridized carbons (Fsp3) is 0.615. The van der Waals surface area contributed by atoms with Crippen molar-refractivity contribution in [3.05, 3.63) is 19.2 Å². The number of halogens is 2. The third-order valence-corrected chi connectivity index (χ3v) is 5.87. The van der Waals surface area contributed by atoms with Crippen molar-refractivity contribution in [1.29, 1.82) is 0 Å². The SMILES string of the molecule is CC1(C)CCN(CC(=O)c2cc(Br)sc2Br)CC1. The molecule has 0 spiro atoms. The average molecular weight is 395 g/mol. The molecule has 0 saturated carbocycles. The molecule has 1 aromatic heterocycles. The fourth-order valence-corrected chi connectivity index (χ4v) is 4.99. The first-order chi connectivity index (χ1) is 8.37. The maximum atomic E-state index is 12.2. The molecule has 0 amide bonds. The number of hydrogen-bond acceptors (Lipinski definition) is 3. The standard InChI is InChI=1S/C13H17Br2NOS/c1-13(2)3-5-16(6-4-13)8-10(17)9-7-11(14)18-12(9)15/h7H,3-6,8H2,1-2H3. The van der Waals surface area contributed by atoms with Crippen molar-refractivity contribution < 1.29 is 4.79 Å². The highest BCUT2D eigenvalue weighted by Crippen LogP contribution is 2.33. The van der Waals surface area contributed by atoms with Crippen LogP contribution >= 0.6 is 43.2 Å². The van der Waals surface area contributed by atoms with E-state index in [2.05, 4.69) is 50.6 Å². The number of likely N-dealkylation sites (tertiary alicyclic amines) is 1. The highest BCUT2D eigenvalue weighted by atomic mass is 79.9. The second-order valence-corrected chi connectivity index (χ2v) is 9.35. The van der Waals surface area contributed by atoms with Gasteiger partial charge in [0.1, 0.15) is 0 Å². The van der Waals surface area contributed by atoms with E-state index in [0.717, 1.165) is 26.2 Å². The molecule has 18 heavy (non-hydrogen) atoms. The Bertz CT molecular complexity index is 446. The fourth-order valence-electron chi connectivity index (χ4n) is 2.14. The van der Waals surface area contributed by atoms with Gasteiger partial charge in [-0.1, -0.05) is 13.8 Å². The summed E-state index contributed by atoms with van der Waals surface area (Å²) in [7, 11) is 0.